The molecule has 2 aliphatic rings. The number of fused-ring (bicyclic) bond motifs is 1. The highest BCUT2D eigenvalue weighted by molar-refractivity contribution is 5.73. The van der Waals surface area contributed by atoms with Gasteiger partial charge in [-0.25, -0.2) is 19.6 Å². The largest absolute Gasteiger partial charge is 0.491 e. The molecule has 0 aromatic carbocycles. The van der Waals surface area contributed by atoms with Gasteiger partial charge in [0.1, 0.15) is 17.9 Å². The summed E-state index contributed by atoms with van der Waals surface area (Å²) < 4.78 is 80.4. The van der Waals surface area contributed by atoms with Gasteiger partial charge in [0, 0.05) is 31.3 Å². The Kier molecular flexibility index (Phi) is 10.0. The Morgan fingerprint density at radius 1 is 1.16 bits per heavy atom. The van der Waals surface area contributed by atoms with E-state index in [4.69, 9.17) is 34.0 Å². The van der Waals surface area contributed by atoms with Crippen LogP contribution in [0.5, 0.6) is 11.6 Å². The van der Waals surface area contributed by atoms with Crippen molar-refractivity contribution in [3.05, 3.63) is 36.9 Å². The van der Waals surface area contributed by atoms with Crippen molar-refractivity contribution in [2.75, 3.05) is 44.9 Å². The normalized spacial score (nSPS) is 20.3. The molecule has 0 spiro atoms. The Labute approximate surface area is 211 Å². The third-order valence-electron chi connectivity index (χ3n) is 5.33. The highest BCUT2D eigenvalue weighted by Crippen LogP contribution is 2.43. The van der Waals surface area contributed by atoms with E-state index in [1.165, 1.54) is 6.33 Å². The van der Waals surface area contributed by atoms with Crippen LogP contribution in [0.3, 0.4) is 0 Å². The summed E-state index contributed by atoms with van der Waals surface area (Å²) in [6.45, 7) is 3.82. The van der Waals surface area contributed by atoms with Gasteiger partial charge in [0.05, 0.1) is 38.5 Å². The first kappa shape index (κ1) is 30.3. The summed E-state index contributed by atoms with van der Waals surface area (Å²) in [5.74, 6) is -2.83. The van der Waals surface area contributed by atoms with Crippen molar-refractivity contribution in [2.24, 2.45) is 11.3 Å². The van der Waals surface area contributed by atoms with Crippen LogP contribution in [0, 0.1) is 11.3 Å². The molecule has 2 aromatic rings. The van der Waals surface area contributed by atoms with Crippen molar-refractivity contribution >= 4 is 17.8 Å². The number of ether oxygens (including phenoxy) is 3. The van der Waals surface area contributed by atoms with Gasteiger partial charge < -0.3 is 29.3 Å². The van der Waals surface area contributed by atoms with E-state index in [1.807, 2.05) is 18.2 Å². The van der Waals surface area contributed by atoms with E-state index >= 15 is 0 Å². The molecule has 0 amide bonds. The molecule has 0 saturated carbocycles. The fourth-order valence-corrected chi connectivity index (χ4v) is 3.48. The van der Waals surface area contributed by atoms with Gasteiger partial charge in [0.15, 0.2) is 0 Å². The van der Waals surface area contributed by atoms with Crippen LogP contribution in [0.4, 0.5) is 32.2 Å². The second-order valence-electron chi connectivity index (χ2n) is 7.96. The first-order valence-corrected chi connectivity index (χ1v) is 10.5. The molecule has 0 unspecified atom stereocenters. The summed E-state index contributed by atoms with van der Waals surface area (Å²) in [5, 5.41) is 14.2. The average Bonchev–Trinajstić information content (AvgIpc) is 3.41. The van der Waals surface area contributed by atoms with Crippen molar-refractivity contribution in [3.63, 3.8) is 0 Å². The number of carbonyl (C=O) groups is 2. The molecule has 17 heteroatoms. The number of anilines is 1. The third-order valence-corrected chi connectivity index (χ3v) is 5.33. The van der Waals surface area contributed by atoms with E-state index in [0.717, 1.165) is 31.3 Å². The molecule has 2 atom stereocenters. The summed E-state index contributed by atoms with van der Waals surface area (Å²) in [4.78, 5) is 32.6. The Balaban J connectivity index is 0.000000301. The number of aliphatic carboxylic acids is 2. The summed E-state index contributed by atoms with van der Waals surface area (Å²) >= 11 is 0. The second kappa shape index (κ2) is 12.6. The molecule has 0 radical (unpaired) electrons. The number of pyridine rings is 1. The van der Waals surface area contributed by atoms with Crippen LogP contribution in [0.15, 0.2) is 36.9 Å². The molecule has 0 aliphatic carbocycles. The summed E-state index contributed by atoms with van der Waals surface area (Å²) in [7, 11) is 1.61. The maximum absolute atomic E-state index is 10.6. The summed E-state index contributed by atoms with van der Waals surface area (Å²) in [5.41, 5.74) is -0.0198. The van der Waals surface area contributed by atoms with Crippen LogP contribution in [0.1, 0.15) is 0 Å². The molecule has 2 N–H and O–H groups in total. The molecular formula is C21H22F6N4O7. The standard InChI is InChI=1S/C17H20N4O3.2C2HF3O2/c1-22-16-5-15(19-12-20-16)21-7-13-8-23-10-17(13,9-21)11-24-14-3-2-4-18-6-14;2*3-2(4,5)1(6)7/h2-6,12-13H,7-11H2,1H3;2*(H,6,7)/t13-,17+;;/m1../s1. The third kappa shape index (κ3) is 8.60. The first-order chi connectivity index (χ1) is 17.7. The van der Waals surface area contributed by atoms with Crippen LogP contribution >= 0.6 is 0 Å². The zero-order valence-electron chi connectivity index (χ0n) is 19.6. The first-order valence-electron chi connectivity index (χ1n) is 10.5. The number of hydrogen-bond acceptors (Lipinski definition) is 9. The van der Waals surface area contributed by atoms with E-state index in [-0.39, 0.29) is 5.41 Å². The second-order valence-corrected chi connectivity index (χ2v) is 7.96. The minimum Gasteiger partial charge on any atom is -0.491 e. The predicted molar refractivity (Wildman–Crippen MR) is 115 cm³/mol. The fraction of sp³-hybridized carbons (Fsp3) is 0.476. The number of methoxy groups -OCH3 is 1. The molecule has 38 heavy (non-hydrogen) atoms. The summed E-state index contributed by atoms with van der Waals surface area (Å²) in [6.07, 6.45) is -5.15. The van der Waals surface area contributed by atoms with Gasteiger partial charge in [-0.3, -0.25) is 4.98 Å². The zero-order valence-corrected chi connectivity index (χ0v) is 19.6. The van der Waals surface area contributed by atoms with Crippen molar-refractivity contribution in [3.8, 4) is 11.6 Å². The molecule has 0 bridgehead atoms. The Bertz CT molecular complexity index is 1050. The van der Waals surface area contributed by atoms with Crippen molar-refractivity contribution < 1.29 is 60.4 Å². The van der Waals surface area contributed by atoms with Gasteiger partial charge in [-0.05, 0) is 12.1 Å². The smallest absolute Gasteiger partial charge is 0.490 e. The maximum atomic E-state index is 10.6. The molecule has 4 heterocycles. The lowest BCUT2D eigenvalue weighted by Crippen LogP contribution is -2.37. The van der Waals surface area contributed by atoms with E-state index in [1.54, 1.807) is 19.5 Å². The molecule has 11 nitrogen and oxygen atoms in total. The van der Waals surface area contributed by atoms with Gasteiger partial charge in [0.25, 0.3) is 0 Å². The zero-order chi connectivity index (χ0) is 28.6. The molecule has 210 valence electrons. The highest BCUT2D eigenvalue weighted by Gasteiger charge is 2.51. The minimum absolute atomic E-state index is 0.0198. The molecule has 2 aliphatic heterocycles. The average molecular weight is 556 g/mol. The summed E-state index contributed by atoms with van der Waals surface area (Å²) in [6, 6.07) is 5.68. The highest BCUT2D eigenvalue weighted by atomic mass is 19.4. The number of carboxylic acid groups (broad SMARTS) is 2. The maximum Gasteiger partial charge on any atom is 0.490 e. The van der Waals surface area contributed by atoms with Gasteiger partial charge in [-0.1, -0.05) is 0 Å². The van der Waals surface area contributed by atoms with Crippen molar-refractivity contribution in [2.45, 2.75) is 12.4 Å². The van der Waals surface area contributed by atoms with Gasteiger partial charge in [-0.2, -0.15) is 26.3 Å². The van der Waals surface area contributed by atoms with Crippen molar-refractivity contribution in [1.82, 2.24) is 15.0 Å². The van der Waals surface area contributed by atoms with Crippen LogP contribution in [-0.4, -0.2) is 89.5 Å². The number of rotatable bonds is 5. The van der Waals surface area contributed by atoms with Crippen LogP contribution in [0.2, 0.25) is 0 Å². The van der Waals surface area contributed by atoms with Gasteiger partial charge in [0.2, 0.25) is 5.88 Å². The van der Waals surface area contributed by atoms with E-state index in [9.17, 15) is 26.3 Å². The molecular weight excluding hydrogens is 534 g/mol. The monoisotopic (exact) mass is 556 g/mol. The lowest BCUT2D eigenvalue weighted by atomic mass is 9.82. The number of halogens is 6. The number of aromatic nitrogens is 3. The molecule has 2 aromatic heterocycles. The Hall–Kier alpha value is -3.89. The Morgan fingerprint density at radius 3 is 2.32 bits per heavy atom. The fourth-order valence-electron chi connectivity index (χ4n) is 3.48. The minimum atomic E-state index is -5.08. The predicted octanol–water partition coefficient (Wildman–Crippen LogP) is 2.68. The number of alkyl halides is 6. The lowest BCUT2D eigenvalue weighted by molar-refractivity contribution is -0.193. The molecule has 2 fully saturated rings. The number of nitrogens with zero attached hydrogens (tertiary/aromatic N) is 4. The lowest BCUT2D eigenvalue weighted by Gasteiger charge is -2.27. The van der Waals surface area contributed by atoms with Crippen molar-refractivity contribution in [1.29, 1.82) is 0 Å². The van der Waals surface area contributed by atoms with E-state index in [2.05, 4.69) is 19.9 Å². The molecule has 4 rings (SSSR count). The topological polar surface area (TPSA) is 144 Å². The number of hydrogen-bond donors (Lipinski definition) is 2. The Morgan fingerprint density at radius 2 is 1.79 bits per heavy atom. The van der Waals surface area contributed by atoms with Crippen LogP contribution in [0.25, 0.3) is 0 Å². The SMILES string of the molecule is COc1cc(N2C[C@@H]3COC[C@]3(COc3cccnc3)C2)ncn1.O=C(O)C(F)(F)F.O=C(O)C(F)(F)F. The van der Waals surface area contributed by atoms with E-state index in [0.29, 0.717) is 25.0 Å². The molecule has 2 saturated heterocycles. The van der Waals surface area contributed by atoms with Crippen LogP contribution < -0.4 is 14.4 Å². The van der Waals surface area contributed by atoms with E-state index < -0.39 is 24.3 Å². The van der Waals surface area contributed by atoms with Crippen LogP contribution in [-0.2, 0) is 14.3 Å². The number of carboxylic acids is 2. The van der Waals surface area contributed by atoms with Gasteiger partial charge in [-0.15, -0.1) is 0 Å². The van der Waals surface area contributed by atoms with Gasteiger partial charge >= 0.3 is 24.3 Å². The quantitative estimate of drug-likeness (QED) is 0.525.